The summed E-state index contributed by atoms with van der Waals surface area (Å²) in [5.74, 6) is -1.67. The SMILES string of the molecule is CCc1ccc(C(F)=C(F)c2ccc(Br)cc2)cc1. The molecule has 0 unspecified atom stereocenters. The first kappa shape index (κ1) is 13.9. The van der Waals surface area contributed by atoms with Gasteiger partial charge in [0.25, 0.3) is 0 Å². The number of rotatable bonds is 3. The van der Waals surface area contributed by atoms with Gasteiger partial charge in [-0.1, -0.05) is 59.3 Å². The Kier molecular flexibility index (Phi) is 4.48. The van der Waals surface area contributed by atoms with Crippen LogP contribution >= 0.6 is 15.9 Å². The Balaban J connectivity index is 2.36. The van der Waals surface area contributed by atoms with Crippen LogP contribution in [0.1, 0.15) is 23.6 Å². The molecule has 19 heavy (non-hydrogen) atoms. The van der Waals surface area contributed by atoms with E-state index in [1.54, 1.807) is 36.4 Å². The summed E-state index contributed by atoms with van der Waals surface area (Å²) in [5.41, 5.74) is 1.60. The molecular weight excluding hydrogens is 310 g/mol. The van der Waals surface area contributed by atoms with Crippen LogP contribution in [0.3, 0.4) is 0 Å². The van der Waals surface area contributed by atoms with Crippen LogP contribution < -0.4 is 0 Å². The molecule has 0 radical (unpaired) electrons. The molecule has 0 nitrogen and oxygen atoms in total. The highest BCUT2D eigenvalue weighted by Crippen LogP contribution is 2.29. The molecule has 0 amide bonds. The second-order valence-electron chi connectivity index (χ2n) is 4.19. The molecule has 0 bridgehead atoms. The van der Waals surface area contributed by atoms with E-state index in [0.717, 1.165) is 16.5 Å². The molecule has 0 atom stereocenters. The van der Waals surface area contributed by atoms with Gasteiger partial charge in [-0.05, 0) is 24.1 Å². The van der Waals surface area contributed by atoms with Crippen molar-refractivity contribution in [2.45, 2.75) is 13.3 Å². The fourth-order valence-electron chi connectivity index (χ4n) is 1.74. The molecule has 0 aliphatic heterocycles. The van der Waals surface area contributed by atoms with Crippen molar-refractivity contribution in [2.24, 2.45) is 0 Å². The zero-order valence-electron chi connectivity index (χ0n) is 10.5. The van der Waals surface area contributed by atoms with Gasteiger partial charge in [0.1, 0.15) is 0 Å². The number of halogens is 3. The highest BCUT2D eigenvalue weighted by molar-refractivity contribution is 9.10. The van der Waals surface area contributed by atoms with Crippen molar-refractivity contribution in [3.8, 4) is 0 Å². The summed E-state index contributed by atoms with van der Waals surface area (Å²) < 4.78 is 28.9. The van der Waals surface area contributed by atoms with Gasteiger partial charge < -0.3 is 0 Å². The predicted octanol–water partition coefficient (Wildman–Crippen LogP) is 5.78. The largest absolute Gasteiger partial charge is 0.203 e. The van der Waals surface area contributed by atoms with Gasteiger partial charge in [0, 0.05) is 15.6 Å². The zero-order chi connectivity index (χ0) is 13.8. The molecule has 0 spiro atoms. The predicted molar refractivity (Wildman–Crippen MR) is 79.0 cm³/mol. The first-order valence-corrected chi connectivity index (χ1v) is 6.81. The summed E-state index contributed by atoms with van der Waals surface area (Å²) in [6, 6.07) is 13.3. The van der Waals surface area contributed by atoms with Crippen LogP contribution in [-0.4, -0.2) is 0 Å². The van der Waals surface area contributed by atoms with Crippen molar-refractivity contribution in [1.82, 2.24) is 0 Å². The smallest absolute Gasteiger partial charge is 0.166 e. The fraction of sp³-hybridized carbons (Fsp3) is 0.125. The van der Waals surface area contributed by atoms with E-state index in [0.29, 0.717) is 0 Å². The lowest BCUT2D eigenvalue weighted by molar-refractivity contribution is 0.700. The second kappa shape index (κ2) is 6.11. The fourth-order valence-corrected chi connectivity index (χ4v) is 2.00. The van der Waals surface area contributed by atoms with E-state index in [1.165, 1.54) is 0 Å². The van der Waals surface area contributed by atoms with Crippen molar-refractivity contribution in [2.75, 3.05) is 0 Å². The van der Waals surface area contributed by atoms with Crippen molar-refractivity contribution in [3.63, 3.8) is 0 Å². The van der Waals surface area contributed by atoms with E-state index in [4.69, 9.17) is 0 Å². The van der Waals surface area contributed by atoms with Crippen LogP contribution in [0.15, 0.2) is 53.0 Å². The highest BCUT2D eigenvalue weighted by atomic mass is 79.9. The molecular formula is C16H13BrF2. The Hall–Kier alpha value is -1.48. The summed E-state index contributed by atoms with van der Waals surface area (Å²) in [5, 5.41) is 0. The molecule has 2 aromatic rings. The topological polar surface area (TPSA) is 0 Å². The molecule has 2 rings (SSSR count). The van der Waals surface area contributed by atoms with Gasteiger partial charge in [-0.25, -0.2) is 8.78 Å². The van der Waals surface area contributed by atoms with Crippen LogP contribution in [0.25, 0.3) is 11.7 Å². The Morgan fingerprint density at radius 2 is 1.26 bits per heavy atom. The first-order valence-electron chi connectivity index (χ1n) is 6.02. The van der Waals surface area contributed by atoms with E-state index in [1.807, 2.05) is 19.1 Å². The Labute approximate surface area is 119 Å². The number of hydrogen-bond donors (Lipinski definition) is 0. The molecule has 2 aromatic carbocycles. The minimum Gasteiger partial charge on any atom is -0.203 e. The summed E-state index contributed by atoms with van der Waals surface area (Å²) in [7, 11) is 0. The maximum absolute atomic E-state index is 14.0. The third-order valence-electron chi connectivity index (χ3n) is 2.91. The molecule has 0 aliphatic carbocycles. The van der Waals surface area contributed by atoms with Crippen molar-refractivity contribution < 1.29 is 8.78 Å². The molecule has 0 N–H and O–H groups in total. The molecule has 0 saturated carbocycles. The summed E-state index contributed by atoms with van der Waals surface area (Å²) in [6.07, 6.45) is 0.876. The Morgan fingerprint density at radius 3 is 1.68 bits per heavy atom. The third kappa shape index (κ3) is 3.29. The van der Waals surface area contributed by atoms with Gasteiger partial charge in [-0.2, -0.15) is 0 Å². The summed E-state index contributed by atoms with van der Waals surface area (Å²) in [6.45, 7) is 2.02. The number of aryl methyl sites for hydroxylation is 1. The van der Waals surface area contributed by atoms with E-state index in [9.17, 15) is 8.78 Å². The maximum Gasteiger partial charge on any atom is 0.166 e. The van der Waals surface area contributed by atoms with E-state index in [2.05, 4.69) is 15.9 Å². The van der Waals surface area contributed by atoms with E-state index >= 15 is 0 Å². The van der Waals surface area contributed by atoms with Crippen LogP contribution in [0.4, 0.5) is 8.78 Å². The Bertz CT molecular complexity index is 583. The normalized spacial score (nSPS) is 12.2. The lowest BCUT2D eigenvalue weighted by Crippen LogP contribution is -1.86. The zero-order valence-corrected chi connectivity index (χ0v) is 12.0. The van der Waals surface area contributed by atoms with Gasteiger partial charge in [0.15, 0.2) is 11.7 Å². The van der Waals surface area contributed by atoms with Crippen LogP contribution in [0, 0.1) is 0 Å². The summed E-state index contributed by atoms with van der Waals surface area (Å²) in [4.78, 5) is 0. The molecule has 0 aromatic heterocycles. The maximum atomic E-state index is 14.0. The molecule has 0 heterocycles. The molecule has 3 heteroatoms. The number of hydrogen-bond acceptors (Lipinski definition) is 0. The van der Waals surface area contributed by atoms with E-state index in [-0.39, 0.29) is 11.1 Å². The standard InChI is InChI=1S/C16H13BrF2/c1-2-11-3-5-12(6-4-11)15(18)16(19)13-7-9-14(17)10-8-13/h3-10H,2H2,1H3. The molecule has 0 saturated heterocycles. The lowest BCUT2D eigenvalue weighted by Gasteiger charge is -2.03. The first-order chi connectivity index (χ1) is 9.11. The lowest BCUT2D eigenvalue weighted by atomic mass is 10.1. The van der Waals surface area contributed by atoms with Crippen molar-refractivity contribution in [1.29, 1.82) is 0 Å². The van der Waals surface area contributed by atoms with Gasteiger partial charge in [0.2, 0.25) is 0 Å². The van der Waals surface area contributed by atoms with E-state index < -0.39 is 11.7 Å². The number of benzene rings is 2. The second-order valence-corrected chi connectivity index (χ2v) is 5.10. The minimum atomic E-state index is -0.836. The van der Waals surface area contributed by atoms with Gasteiger partial charge in [-0.15, -0.1) is 0 Å². The molecule has 0 fully saturated rings. The minimum absolute atomic E-state index is 0.236. The van der Waals surface area contributed by atoms with Crippen molar-refractivity contribution in [3.05, 3.63) is 69.7 Å². The Morgan fingerprint density at radius 1 is 0.842 bits per heavy atom. The van der Waals surface area contributed by atoms with Crippen LogP contribution in [-0.2, 0) is 6.42 Å². The average molecular weight is 323 g/mol. The van der Waals surface area contributed by atoms with Crippen molar-refractivity contribution >= 4 is 27.6 Å². The van der Waals surface area contributed by atoms with Gasteiger partial charge in [0.05, 0.1) is 0 Å². The van der Waals surface area contributed by atoms with Gasteiger partial charge >= 0.3 is 0 Å². The quantitative estimate of drug-likeness (QED) is 0.629. The third-order valence-corrected chi connectivity index (χ3v) is 3.43. The highest BCUT2D eigenvalue weighted by Gasteiger charge is 2.11. The van der Waals surface area contributed by atoms with Crippen LogP contribution in [0.2, 0.25) is 0 Å². The molecule has 0 aliphatic rings. The van der Waals surface area contributed by atoms with Crippen LogP contribution in [0.5, 0.6) is 0 Å². The van der Waals surface area contributed by atoms with Gasteiger partial charge in [-0.3, -0.25) is 0 Å². The summed E-state index contributed by atoms with van der Waals surface area (Å²) >= 11 is 3.26. The average Bonchev–Trinajstić information content (AvgIpc) is 2.46. The monoisotopic (exact) mass is 322 g/mol. The molecule has 98 valence electrons.